The van der Waals surface area contributed by atoms with Crippen molar-refractivity contribution in [2.75, 3.05) is 19.6 Å². The summed E-state index contributed by atoms with van der Waals surface area (Å²) in [5.41, 5.74) is 1.64. The van der Waals surface area contributed by atoms with Crippen LogP contribution in [0.4, 0.5) is 4.79 Å². The Balaban J connectivity index is 1.77. The van der Waals surface area contributed by atoms with Crippen LogP contribution in [0, 0.1) is 6.92 Å². The maximum absolute atomic E-state index is 11.8. The molecule has 1 fully saturated rings. The zero-order chi connectivity index (χ0) is 17.7. The van der Waals surface area contributed by atoms with Crippen molar-refractivity contribution in [3.8, 4) is 0 Å². The van der Waals surface area contributed by atoms with Crippen molar-refractivity contribution >= 4 is 6.09 Å². The molecular formula is C19H30N2O3. The van der Waals surface area contributed by atoms with Gasteiger partial charge in [0.25, 0.3) is 0 Å². The number of β-amino-alcohol motifs (C(OH)–C–C–N with tert-alkyl or cyclic N) is 1. The molecule has 0 bridgehead atoms. The Labute approximate surface area is 145 Å². The van der Waals surface area contributed by atoms with Crippen molar-refractivity contribution in [2.45, 2.75) is 58.3 Å². The van der Waals surface area contributed by atoms with E-state index >= 15 is 0 Å². The number of carbonyl (C=O) groups is 1. The Hall–Kier alpha value is -1.59. The molecule has 1 atom stereocenters. The molecule has 2 rings (SSSR count). The van der Waals surface area contributed by atoms with Crippen molar-refractivity contribution in [3.05, 3.63) is 35.4 Å². The maximum atomic E-state index is 11.8. The summed E-state index contributed by atoms with van der Waals surface area (Å²) >= 11 is 0. The minimum Gasteiger partial charge on any atom is -0.444 e. The van der Waals surface area contributed by atoms with Gasteiger partial charge in [0.2, 0.25) is 0 Å². The van der Waals surface area contributed by atoms with Crippen LogP contribution in [0.2, 0.25) is 0 Å². The highest BCUT2D eigenvalue weighted by Crippen LogP contribution is 2.20. The van der Waals surface area contributed by atoms with E-state index in [0.29, 0.717) is 6.54 Å². The molecule has 1 aromatic carbocycles. The number of nitrogens with zero attached hydrogens (tertiary/aromatic N) is 1. The first-order valence-electron chi connectivity index (χ1n) is 8.70. The van der Waals surface area contributed by atoms with Crippen LogP contribution in [0.1, 0.15) is 50.8 Å². The van der Waals surface area contributed by atoms with E-state index in [1.54, 1.807) is 0 Å². The van der Waals surface area contributed by atoms with E-state index in [2.05, 4.69) is 10.2 Å². The Kier molecular flexibility index (Phi) is 6.24. The van der Waals surface area contributed by atoms with Gasteiger partial charge >= 0.3 is 6.09 Å². The van der Waals surface area contributed by atoms with Gasteiger partial charge in [0.1, 0.15) is 5.60 Å². The molecule has 24 heavy (non-hydrogen) atoms. The van der Waals surface area contributed by atoms with Crippen LogP contribution in [0.25, 0.3) is 0 Å². The van der Waals surface area contributed by atoms with Crippen molar-refractivity contribution < 1.29 is 14.6 Å². The molecule has 134 valence electrons. The number of amides is 1. The number of likely N-dealkylation sites (tertiary alicyclic amines) is 1. The number of piperidine rings is 1. The van der Waals surface area contributed by atoms with E-state index in [0.717, 1.165) is 37.1 Å². The molecule has 0 saturated carbocycles. The van der Waals surface area contributed by atoms with E-state index in [4.69, 9.17) is 4.74 Å². The number of hydrogen-bond acceptors (Lipinski definition) is 4. The summed E-state index contributed by atoms with van der Waals surface area (Å²) in [5.74, 6) is 0. The lowest BCUT2D eigenvalue weighted by Crippen LogP contribution is -2.46. The number of hydrogen-bond donors (Lipinski definition) is 2. The third-order valence-electron chi connectivity index (χ3n) is 4.29. The Bertz CT molecular complexity index is 546. The second-order valence-corrected chi connectivity index (χ2v) is 7.59. The van der Waals surface area contributed by atoms with E-state index in [9.17, 15) is 9.90 Å². The summed E-state index contributed by atoms with van der Waals surface area (Å²) in [6.45, 7) is 9.97. The average molecular weight is 334 g/mol. The molecule has 5 nitrogen and oxygen atoms in total. The first-order valence-corrected chi connectivity index (χ1v) is 8.70. The molecule has 1 unspecified atom stereocenters. The Morgan fingerprint density at radius 2 is 1.96 bits per heavy atom. The van der Waals surface area contributed by atoms with Gasteiger partial charge in [0.15, 0.2) is 0 Å². The summed E-state index contributed by atoms with van der Waals surface area (Å²) in [5, 5.41) is 13.4. The topological polar surface area (TPSA) is 61.8 Å². The number of rotatable bonds is 4. The number of aryl methyl sites for hydroxylation is 1. The molecule has 1 amide bonds. The van der Waals surface area contributed by atoms with E-state index in [1.807, 2.05) is 52.0 Å². The molecule has 1 aliphatic rings. The van der Waals surface area contributed by atoms with Gasteiger partial charge < -0.3 is 20.1 Å². The number of aliphatic hydroxyl groups excluding tert-OH is 1. The molecule has 0 spiro atoms. The summed E-state index contributed by atoms with van der Waals surface area (Å²) in [6.07, 6.45) is 0.932. The van der Waals surface area contributed by atoms with Gasteiger partial charge in [0, 0.05) is 25.7 Å². The van der Waals surface area contributed by atoms with Crippen LogP contribution in [0.15, 0.2) is 24.3 Å². The number of nitrogens with one attached hydrogen (secondary N) is 1. The molecule has 1 heterocycles. The number of benzene rings is 1. The van der Waals surface area contributed by atoms with Gasteiger partial charge in [-0.25, -0.2) is 4.79 Å². The van der Waals surface area contributed by atoms with Gasteiger partial charge in [-0.15, -0.1) is 0 Å². The van der Waals surface area contributed by atoms with Crippen LogP contribution >= 0.6 is 0 Å². The summed E-state index contributed by atoms with van der Waals surface area (Å²) in [6, 6.07) is 8.10. The van der Waals surface area contributed by atoms with E-state index in [-0.39, 0.29) is 12.1 Å². The van der Waals surface area contributed by atoms with Crippen LogP contribution in [0.5, 0.6) is 0 Å². The van der Waals surface area contributed by atoms with Crippen molar-refractivity contribution in [2.24, 2.45) is 0 Å². The standard InChI is InChI=1S/C19H30N2O3/c1-14-7-5-6-8-16(14)17(22)13-21-11-9-15(10-12-21)20-18(23)24-19(2,3)4/h5-8,15,17,22H,9-13H2,1-4H3,(H,20,23). The molecule has 0 aromatic heterocycles. The second kappa shape index (κ2) is 7.99. The van der Waals surface area contributed by atoms with E-state index < -0.39 is 11.7 Å². The lowest BCUT2D eigenvalue weighted by molar-refractivity contribution is 0.0459. The fourth-order valence-corrected chi connectivity index (χ4v) is 3.04. The third kappa shape index (κ3) is 5.80. The number of aliphatic hydroxyl groups is 1. The largest absolute Gasteiger partial charge is 0.444 e. The lowest BCUT2D eigenvalue weighted by Gasteiger charge is -2.34. The van der Waals surface area contributed by atoms with Crippen molar-refractivity contribution in [3.63, 3.8) is 0 Å². The minimum atomic E-state index is -0.471. The number of carbonyl (C=O) groups excluding carboxylic acids is 1. The third-order valence-corrected chi connectivity index (χ3v) is 4.29. The number of alkyl carbamates (subject to hydrolysis) is 1. The first kappa shape index (κ1) is 18.7. The molecule has 1 saturated heterocycles. The normalized spacial score (nSPS) is 18.2. The van der Waals surface area contributed by atoms with Gasteiger partial charge in [-0.3, -0.25) is 0 Å². The zero-order valence-electron chi connectivity index (χ0n) is 15.2. The highest BCUT2D eigenvalue weighted by Gasteiger charge is 2.25. The van der Waals surface area contributed by atoms with Crippen molar-refractivity contribution in [1.82, 2.24) is 10.2 Å². The van der Waals surface area contributed by atoms with Gasteiger partial charge in [-0.2, -0.15) is 0 Å². The second-order valence-electron chi connectivity index (χ2n) is 7.59. The van der Waals surface area contributed by atoms with Crippen LogP contribution in [0.3, 0.4) is 0 Å². The monoisotopic (exact) mass is 334 g/mol. The summed E-state index contributed by atoms with van der Waals surface area (Å²) < 4.78 is 5.30. The molecule has 2 N–H and O–H groups in total. The molecular weight excluding hydrogens is 304 g/mol. The predicted molar refractivity (Wildman–Crippen MR) is 95.0 cm³/mol. The zero-order valence-corrected chi connectivity index (χ0v) is 15.2. The van der Waals surface area contributed by atoms with Crippen LogP contribution in [-0.4, -0.2) is 47.4 Å². The molecule has 1 aliphatic heterocycles. The van der Waals surface area contributed by atoms with Crippen molar-refractivity contribution in [1.29, 1.82) is 0 Å². The SMILES string of the molecule is Cc1ccccc1C(O)CN1CCC(NC(=O)OC(C)(C)C)CC1. The van der Waals surface area contributed by atoms with Crippen LogP contribution in [-0.2, 0) is 4.74 Å². The summed E-state index contributed by atoms with van der Waals surface area (Å²) in [4.78, 5) is 14.1. The molecule has 0 radical (unpaired) electrons. The average Bonchev–Trinajstić information content (AvgIpc) is 2.47. The van der Waals surface area contributed by atoms with Gasteiger partial charge in [-0.05, 0) is 51.7 Å². The fraction of sp³-hybridized carbons (Fsp3) is 0.632. The lowest BCUT2D eigenvalue weighted by atomic mass is 10.0. The molecule has 1 aromatic rings. The highest BCUT2D eigenvalue weighted by molar-refractivity contribution is 5.68. The molecule has 0 aliphatic carbocycles. The first-order chi connectivity index (χ1) is 11.2. The molecule has 5 heteroatoms. The highest BCUT2D eigenvalue weighted by atomic mass is 16.6. The number of ether oxygens (including phenoxy) is 1. The summed E-state index contributed by atoms with van der Waals surface area (Å²) in [7, 11) is 0. The predicted octanol–water partition coefficient (Wildman–Crippen LogP) is 3.02. The fourth-order valence-electron chi connectivity index (χ4n) is 3.04. The Morgan fingerprint density at radius 1 is 1.33 bits per heavy atom. The minimum absolute atomic E-state index is 0.145. The Morgan fingerprint density at radius 3 is 2.54 bits per heavy atom. The smallest absolute Gasteiger partial charge is 0.407 e. The van der Waals surface area contributed by atoms with Gasteiger partial charge in [0.05, 0.1) is 6.10 Å². The quantitative estimate of drug-likeness (QED) is 0.888. The van der Waals surface area contributed by atoms with E-state index in [1.165, 1.54) is 0 Å². The van der Waals surface area contributed by atoms with Crippen LogP contribution < -0.4 is 5.32 Å². The maximum Gasteiger partial charge on any atom is 0.407 e. The van der Waals surface area contributed by atoms with Gasteiger partial charge in [-0.1, -0.05) is 24.3 Å².